The predicted octanol–water partition coefficient (Wildman–Crippen LogP) is 8.65. The number of aliphatic carboxylic acids is 1. The van der Waals surface area contributed by atoms with Crippen LogP contribution in [0.3, 0.4) is 0 Å². The molecule has 1 aromatic heterocycles. The van der Waals surface area contributed by atoms with E-state index >= 15 is 4.39 Å². The van der Waals surface area contributed by atoms with Crippen molar-refractivity contribution in [3.63, 3.8) is 0 Å². The van der Waals surface area contributed by atoms with E-state index in [1.807, 2.05) is 0 Å². The lowest BCUT2D eigenvalue weighted by molar-refractivity contribution is -0.605. The molecule has 62 heavy (non-hydrogen) atoms. The topological polar surface area (TPSA) is 162 Å². The molecule has 1 saturated carbocycles. The Labute approximate surface area is 360 Å². The molecule has 332 valence electrons. The first-order valence-electron chi connectivity index (χ1n) is 19.3. The van der Waals surface area contributed by atoms with Crippen molar-refractivity contribution < 1.29 is 69.9 Å². The first-order valence-corrected chi connectivity index (χ1v) is 20.0. The van der Waals surface area contributed by atoms with Crippen LogP contribution in [0.15, 0.2) is 73.1 Å². The number of hydrogen-bond donors (Lipinski definition) is 3. The van der Waals surface area contributed by atoms with Gasteiger partial charge in [0.25, 0.3) is 0 Å². The number of ether oxygens (including phenoxy) is 3. The van der Waals surface area contributed by atoms with Gasteiger partial charge in [-0.1, -0.05) is 47.5 Å². The molecule has 4 fully saturated rings. The number of carboxylic acid groups (broad SMARTS) is 2. The van der Waals surface area contributed by atoms with Gasteiger partial charge < -0.3 is 34.9 Å². The maximum atomic E-state index is 15.4. The average Bonchev–Trinajstić information content (AvgIpc) is 4.04. The lowest BCUT2D eigenvalue weighted by Crippen LogP contribution is -2.52. The van der Waals surface area contributed by atoms with E-state index in [1.165, 1.54) is 54.6 Å². The standard InChI is InChI=1S/C40H38Cl2F3N3O7.C2HF3O2/c41-31-18-48(52)19-32(42)30(31)17-28(24-7-10-34(55-40(44)45)35(15-24)53-21-22-5-6-22)29-16-25(8-9-26(29)38(49)50)46-37(27-3-1-2-4-33(27)43)39(51)54-36-20-47-13-11-23(36)12-14-47;3-2(4,5)1(6)7/h1-4,7-10,15-16,18-19,22-23,28,36-37,40,46H,5-6,11-14,17,20-21H2,(H,49,50);(H,6,7)/t28-,36-,37?;/m0./s1. The van der Waals surface area contributed by atoms with Crippen LogP contribution in [0.1, 0.15) is 70.3 Å². The zero-order valence-electron chi connectivity index (χ0n) is 32.4. The normalized spacial score (nSPS) is 19.1. The molecule has 8 rings (SSSR count). The molecule has 4 aliphatic rings. The van der Waals surface area contributed by atoms with Gasteiger partial charge in [-0.2, -0.15) is 26.7 Å². The number of carbonyl (C=O) groups excluding carboxylic acids is 1. The second kappa shape index (κ2) is 19.7. The number of carbonyl (C=O) groups is 3. The van der Waals surface area contributed by atoms with Crippen LogP contribution < -0.4 is 19.5 Å². The minimum absolute atomic E-state index is 0.0108. The summed E-state index contributed by atoms with van der Waals surface area (Å²) >= 11 is 13.1. The summed E-state index contributed by atoms with van der Waals surface area (Å²) < 4.78 is 91.2. The van der Waals surface area contributed by atoms with Crippen molar-refractivity contribution in [2.75, 3.05) is 31.6 Å². The summed E-state index contributed by atoms with van der Waals surface area (Å²) in [5.74, 6) is -5.99. The number of hydrogen-bond acceptors (Lipinski definition) is 9. The van der Waals surface area contributed by atoms with Gasteiger partial charge in [0.05, 0.1) is 12.2 Å². The number of nitrogens with one attached hydrogen (secondary N) is 1. The van der Waals surface area contributed by atoms with E-state index in [1.54, 1.807) is 6.07 Å². The number of aromatic carboxylic acids is 1. The predicted molar refractivity (Wildman–Crippen MR) is 211 cm³/mol. The lowest BCUT2D eigenvalue weighted by atomic mass is 9.83. The molecule has 3 N–H and O–H groups in total. The Hall–Kier alpha value is -5.46. The van der Waals surface area contributed by atoms with Gasteiger partial charge in [0.1, 0.15) is 22.0 Å². The van der Waals surface area contributed by atoms with Crippen molar-refractivity contribution in [3.05, 3.63) is 122 Å². The van der Waals surface area contributed by atoms with Crippen LogP contribution >= 0.6 is 23.2 Å². The maximum absolute atomic E-state index is 15.4. The highest BCUT2D eigenvalue weighted by molar-refractivity contribution is 6.35. The zero-order valence-corrected chi connectivity index (χ0v) is 33.9. The summed E-state index contributed by atoms with van der Waals surface area (Å²) in [6.45, 7) is -0.420. The highest BCUT2D eigenvalue weighted by Gasteiger charge is 2.39. The highest BCUT2D eigenvalue weighted by Crippen LogP contribution is 2.42. The second-order valence-electron chi connectivity index (χ2n) is 15.0. The number of halogens is 8. The van der Waals surface area contributed by atoms with Crippen molar-refractivity contribution in [2.24, 2.45) is 11.8 Å². The fourth-order valence-electron chi connectivity index (χ4n) is 7.41. The summed E-state index contributed by atoms with van der Waals surface area (Å²) in [5, 5.41) is 32.9. The minimum Gasteiger partial charge on any atom is -0.619 e. The van der Waals surface area contributed by atoms with Crippen molar-refractivity contribution in [2.45, 2.75) is 63.0 Å². The maximum Gasteiger partial charge on any atom is 0.490 e. The quantitative estimate of drug-likeness (QED) is 0.0453. The third-order valence-electron chi connectivity index (χ3n) is 10.8. The molecule has 0 spiro atoms. The number of rotatable bonds is 15. The van der Waals surface area contributed by atoms with Crippen LogP contribution in [-0.2, 0) is 20.7 Å². The van der Waals surface area contributed by atoms with Crippen LogP contribution in [0.25, 0.3) is 0 Å². The molecule has 3 aliphatic heterocycles. The number of esters is 1. The summed E-state index contributed by atoms with van der Waals surface area (Å²) in [5.41, 5.74) is 1.10. The monoisotopic (exact) mass is 913 g/mol. The highest BCUT2D eigenvalue weighted by atomic mass is 35.5. The van der Waals surface area contributed by atoms with Crippen LogP contribution in [0.2, 0.25) is 10.0 Å². The molecule has 3 aromatic carbocycles. The van der Waals surface area contributed by atoms with E-state index in [-0.39, 0.29) is 74.9 Å². The largest absolute Gasteiger partial charge is 0.619 e. The fourth-order valence-corrected chi connectivity index (χ4v) is 8.01. The smallest absolute Gasteiger partial charge is 0.490 e. The van der Waals surface area contributed by atoms with E-state index in [0.717, 1.165) is 51.2 Å². The Kier molecular flexibility index (Phi) is 14.6. The van der Waals surface area contributed by atoms with Gasteiger partial charge in [-0.05, 0) is 105 Å². The van der Waals surface area contributed by atoms with E-state index in [2.05, 4.69) is 10.2 Å². The van der Waals surface area contributed by atoms with E-state index in [4.69, 9.17) is 47.3 Å². The van der Waals surface area contributed by atoms with Crippen LogP contribution in [-0.4, -0.2) is 78.2 Å². The van der Waals surface area contributed by atoms with Crippen molar-refractivity contribution in [1.82, 2.24) is 4.90 Å². The van der Waals surface area contributed by atoms with E-state index in [0.29, 0.717) is 22.4 Å². The molecule has 20 heteroatoms. The number of fused-ring (bicyclic) bond motifs is 3. The summed E-state index contributed by atoms with van der Waals surface area (Å²) in [7, 11) is 0. The van der Waals surface area contributed by atoms with Gasteiger partial charge in [-0.15, -0.1) is 0 Å². The van der Waals surface area contributed by atoms with Gasteiger partial charge in [-0.3, -0.25) is 4.90 Å². The summed E-state index contributed by atoms with van der Waals surface area (Å²) in [4.78, 5) is 37.9. The number of benzene rings is 3. The Morgan fingerprint density at radius 1 is 0.919 bits per heavy atom. The van der Waals surface area contributed by atoms with Crippen LogP contribution in [0, 0.1) is 22.9 Å². The SMILES string of the molecule is O=C(O)C(F)(F)F.O=C(O)c1ccc(NC(C(=O)O[C@H]2CN3CCC2CC3)c2ccccc2F)cc1[C@@H](Cc1c(Cl)c[n+]([O-])cc1Cl)c1ccc(OC(F)F)c(OCC2CC2)c1. The number of anilines is 1. The summed E-state index contributed by atoms with van der Waals surface area (Å²) in [6.07, 6.45) is 0.369. The van der Waals surface area contributed by atoms with Gasteiger partial charge in [0.2, 0.25) is 0 Å². The molecule has 2 bridgehead atoms. The number of pyridine rings is 1. The minimum atomic E-state index is -5.08. The van der Waals surface area contributed by atoms with Crippen molar-refractivity contribution >= 4 is 46.8 Å². The van der Waals surface area contributed by atoms with Crippen LogP contribution in [0.5, 0.6) is 11.5 Å². The number of carboxylic acids is 2. The Morgan fingerprint density at radius 2 is 1.58 bits per heavy atom. The van der Waals surface area contributed by atoms with Crippen molar-refractivity contribution in [3.8, 4) is 11.5 Å². The number of nitrogens with zero attached hydrogens (tertiary/aromatic N) is 2. The zero-order chi connectivity index (χ0) is 44.9. The second-order valence-corrected chi connectivity index (χ2v) is 15.8. The number of piperidine rings is 3. The summed E-state index contributed by atoms with van der Waals surface area (Å²) in [6, 6.07) is 13.2. The van der Waals surface area contributed by atoms with Crippen LogP contribution in [0.4, 0.5) is 32.0 Å². The molecule has 0 radical (unpaired) electrons. The van der Waals surface area contributed by atoms with Gasteiger partial charge in [0, 0.05) is 29.3 Å². The molecule has 0 amide bonds. The Morgan fingerprint density at radius 3 is 2.15 bits per heavy atom. The molecule has 3 saturated heterocycles. The molecule has 4 heterocycles. The molecule has 1 aliphatic carbocycles. The van der Waals surface area contributed by atoms with Gasteiger partial charge in [-0.25, -0.2) is 18.8 Å². The molecule has 3 atom stereocenters. The Balaban J connectivity index is 0.000000845. The van der Waals surface area contributed by atoms with Gasteiger partial charge in [0.15, 0.2) is 29.9 Å². The molecular formula is C42H39Cl2F6N3O9. The lowest BCUT2D eigenvalue weighted by Gasteiger charge is -2.44. The number of alkyl halides is 5. The first kappa shape index (κ1) is 46.1. The third kappa shape index (κ3) is 11.7. The van der Waals surface area contributed by atoms with Crippen molar-refractivity contribution in [1.29, 1.82) is 0 Å². The first-order chi connectivity index (χ1) is 29.4. The number of aromatic nitrogens is 1. The van der Waals surface area contributed by atoms with E-state index in [9.17, 15) is 41.9 Å². The fraction of sp³-hybridized carbons (Fsp3) is 0.381. The molecule has 1 unspecified atom stereocenters. The van der Waals surface area contributed by atoms with E-state index < -0.39 is 48.5 Å². The molecule has 12 nitrogen and oxygen atoms in total. The third-order valence-corrected chi connectivity index (χ3v) is 11.4. The average molecular weight is 915 g/mol. The Bertz CT molecular complexity index is 2250. The molecular weight excluding hydrogens is 875 g/mol. The molecule has 4 aromatic rings. The van der Waals surface area contributed by atoms with Gasteiger partial charge >= 0.3 is 30.7 Å².